The number of aromatic carboxylic acids is 1. The zero-order chi connectivity index (χ0) is 22.3. The molecule has 0 spiro atoms. The minimum Gasteiger partial charge on any atom is -0.504 e. The molecule has 1 fully saturated rings. The molecule has 2 aromatic rings. The monoisotopic (exact) mass is 426 g/mol. The highest BCUT2D eigenvalue weighted by molar-refractivity contribution is 5.97. The molecule has 30 heavy (non-hydrogen) atoms. The van der Waals surface area contributed by atoms with Gasteiger partial charge in [0.25, 0.3) is 0 Å². The summed E-state index contributed by atoms with van der Waals surface area (Å²) in [6.45, 7) is -0.740. The van der Waals surface area contributed by atoms with E-state index in [0.717, 1.165) is 12.1 Å². The van der Waals surface area contributed by atoms with Crippen molar-refractivity contribution in [1.29, 1.82) is 0 Å². The molecule has 0 aromatic heterocycles. The van der Waals surface area contributed by atoms with Gasteiger partial charge in [0.2, 0.25) is 17.5 Å². The molecule has 1 aliphatic rings. The fourth-order valence-corrected chi connectivity index (χ4v) is 3.06. The number of ether oxygens (including phenoxy) is 2. The predicted molar refractivity (Wildman–Crippen MR) is 96.6 cm³/mol. The highest BCUT2D eigenvalue weighted by Gasteiger charge is 2.45. The molecule has 3 rings (SSSR count). The van der Waals surface area contributed by atoms with E-state index in [0.29, 0.717) is 6.07 Å². The first-order chi connectivity index (χ1) is 14.1. The number of fused-ring (bicyclic) bond motifs is 1. The second-order valence-corrected chi connectivity index (χ2v) is 6.61. The molecule has 8 N–H and O–H groups in total. The van der Waals surface area contributed by atoms with E-state index >= 15 is 0 Å². The van der Waals surface area contributed by atoms with Crippen LogP contribution >= 0.6 is 0 Å². The molecule has 12 nitrogen and oxygen atoms in total. The standard InChI is InChI=1S/C18H18O12/c19-4-9-13(23)15(25)16(26)18(30-9)29-8-3-5-1-6(17(27)28)2-7(20)11(21)10(5)14(24)12(8)22/h1-3,9,13,15-16,18-19,22-26H,4H2,(H,20,21)(H,27,28)/t9-,13+,15+,16-,18-/m1/s1. The molecular weight excluding hydrogens is 408 g/mol. The van der Waals surface area contributed by atoms with Crippen LogP contribution in [-0.4, -0.2) is 84.1 Å². The van der Waals surface area contributed by atoms with Gasteiger partial charge in [0.1, 0.15) is 24.4 Å². The lowest BCUT2D eigenvalue weighted by Gasteiger charge is -2.39. The molecule has 0 saturated carbocycles. The number of carboxylic acid groups (broad SMARTS) is 1. The maximum Gasteiger partial charge on any atom is 0.335 e. The Balaban J connectivity index is 2.14. The molecule has 5 atom stereocenters. The van der Waals surface area contributed by atoms with Crippen molar-refractivity contribution in [1.82, 2.24) is 0 Å². The van der Waals surface area contributed by atoms with Crippen LogP contribution in [0.25, 0.3) is 10.8 Å². The minimum atomic E-state index is -1.83. The van der Waals surface area contributed by atoms with Crippen LogP contribution in [0.5, 0.6) is 23.0 Å². The lowest BCUT2D eigenvalue weighted by molar-refractivity contribution is -0.277. The summed E-state index contributed by atoms with van der Waals surface area (Å²) in [4.78, 5) is 23.6. The summed E-state index contributed by atoms with van der Waals surface area (Å²) >= 11 is 0. The largest absolute Gasteiger partial charge is 0.504 e. The summed E-state index contributed by atoms with van der Waals surface area (Å²) in [7, 11) is 0. The van der Waals surface area contributed by atoms with Gasteiger partial charge in [-0.1, -0.05) is 0 Å². The number of aliphatic hydroxyl groups excluding tert-OH is 4. The normalized spacial score (nSPS) is 26.5. The maximum absolute atomic E-state index is 12.3. The maximum atomic E-state index is 12.3. The first-order valence-corrected chi connectivity index (χ1v) is 8.53. The van der Waals surface area contributed by atoms with Crippen molar-refractivity contribution in [2.75, 3.05) is 6.61 Å². The van der Waals surface area contributed by atoms with E-state index in [9.17, 15) is 50.4 Å². The zero-order valence-electron chi connectivity index (χ0n) is 15.0. The van der Waals surface area contributed by atoms with E-state index in [-0.39, 0.29) is 5.39 Å². The Morgan fingerprint density at radius 2 is 1.67 bits per heavy atom. The van der Waals surface area contributed by atoms with Crippen LogP contribution in [-0.2, 0) is 4.74 Å². The average Bonchev–Trinajstić information content (AvgIpc) is 2.82. The molecule has 0 radical (unpaired) electrons. The van der Waals surface area contributed by atoms with Crippen LogP contribution < -0.4 is 10.2 Å². The summed E-state index contributed by atoms with van der Waals surface area (Å²) in [5.74, 6) is -5.10. The molecule has 1 aliphatic heterocycles. The van der Waals surface area contributed by atoms with Crippen molar-refractivity contribution < 1.29 is 55.1 Å². The van der Waals surface area contributed by atoms with Gasteiger partial charge in [0, 0.05) is 0 Å². The van der Waals surface area contributed by atoms with Gasteiger partial charge in [-0.25, -0.2) is 4.79 Å². The van der Waals surface area contributed by atoms with Crippen molar-refractivity contribution in [3.05, 3.63) is 34.0 Å². The van der Waals surface area contributed by atoms with E-state index < -0.39 is 82.7 Å². The second-order valence-electron chi connectivity index (χ2n) is 6.61. The SMILES string of the molecule is O=C(O)c1cc(O)c(=O)c2c(O)c(O)c(O[C@@H]3O[C@H](CO)[C@H](O)[C@H](O)[C@H]3O)cc2c1. The van der Waals surface area contributed by atoms with E-state index in [4.69, 9.17) is 9.47 Å². The van der Waals surface area contributed by atoms with Crippen molar-refractivity contribution in [2.45, 2.75) is 30.7 Å². The molecule has 12 heteroatoms. The second kappa shape index (κ2) is 7.93. The molecule has 0 bridgehead atoms. The highest BCUT2D eigenvalue weighted by atomic mass is 16.7. The Bertz CT molecular complexity index is 1050. The van der Waals surface area contributed by atoms with Gasteiger partial charge < -0.3 is 50.3 Å². The molecule has 0 unspecified atom stereocenters. The van der Waals surface area contributed by atoms with Gasteiger partial charge in [0.05, 0.1) is 17.6 Å². The summed E-state index contributed by atoms with van der Waals surface area (Å²) in [6, 6.07) is 2.54. The number of phenols is 2. The number of carboxylic acids is 1. The summed E-state index contributed by atoms with van der Waals surface area (Å²) in [6.07, 6.45) is -8.31. The number of phenolic OH excluding ortho intramolecular Hbond substituents is 2. The number of hydrogen-bond acceptors (Lipinski definition) is 11. The highest BCUT2D eigenvalue weighted by Crippen LogP contribution is 2.42. The first kappa shape index (κ1) is 21.5. The smallest absolute Gasteiger partial charge is 0.335 e. The lowest BCUT2D eigenvalue weighted by atomic mass is 9.99. The Labute approximate surface area is 167 Å². The van der Waals surface area contributed by atoms with Crippen LogP contribution in [0.4, 0.5) is 0 Å². The van der Waals surface area contributed by atoms with E-state index in [2.05, 4.69) is 0 Å². The zero-order valence-corrected chi connectivity index (χ0v) is 15.0. The van der Waals surface area contributed by atoms with Gasteiger partial charge in [-0.05, 0) is 23.6 Å². The van der Waals surface area contributed by atoms with Gasteiger partial charge in [-0.15, -0.1) is 0 Å². The molecule has 162 valence electrons. The van der Waals surface area contributed by atoms with Crippen LogP contribution in [0.2, 0.25) is 0 Å². The van der Waals surface area contributed by atoms with Crippen molar-refractivity contribution in [2.24, 2.45) is 0 Å². The van der Waals surface area contributed by atoms with Crippen molar-refractivity contribution in [3.63, 3.8) is 0 Å². The van der Waals surface area contributed by atoms with Crippen LogP contribution in [0.3, 0.4) is 0 Å². The molecule has 2 aromatic carbocycles. The number of carbonyl (C=O) groups is 1. The fraction of sp³-hybridized carbons (Fsp3) is 0.333. The lowest BCUT2D eigenvalue weighted by Crippen LogP contribution is -2.60. The van der Waals surface area contributed by atoms with Crippen LogP contribution in [0, 0.1) is 0 Å². The molecule has 1 saturated heterocycles. The van der Waals surface area contributed by atoms with E-state index in [1.54, 1.807) is 0 Å². The molecule has 1 heterocycles. The number of benzene rings is 1. The minimum absolute atomic E-state index is 0.243. The number of aliphatic hydroxyl groups is 4. The summed E-state index contributed by atoms with van der Waals surface area (Å²) in [5, 5.41) is 77.5. The van der Waals surface area contributed by atoms with E-state index in [1.807, 2.05) is 0 Å². The Morgan fingerprint density at radius 3 is 2.27 bits per heavy atom. The first-order valence-electron chi connectivity index (χ1n) is 8.53. The third-order valence-electron chi connectivity index (χ3n) is 4.67. The van der Waals surface area contributed by atoms with Crippen LogP contribution in [0.15, 0.2) is 23.0 Å². The van der Waals surface area contributed by atoms with Crippen LogP contribution in [0.1, 0.15) is 10.4 Å². The van der Waals surface area contributed by atoms with Crippen molar-refractivity contribution in [3.8, 4) is 23.0 Å². The molecular formula is C18H18O12. The average molecular weight is 426 g/mol. The van der Waals surface area contributed by atoms with Crippen molar-refractivity contribution >= 4 is 16.7 Å². The topological polar surface area (TPSA) is 214 Å². The Hall–Kier alpha value is -3.16. The van der Waals surface area contributed by atoms with Gasteiger partial charge in [0.15, 0.2) is 17.2 Å². The summed E-state index contributed by atoms with van der Waals surface area (Å²) < 4.78 is 10.4. The van der Waals surface area contributed by atoms with Gasteiger partial charge >= 0.3 is 5.97 Å². The number of rotatable bonds is 4. The fourth-order valence-electron chi connectivity index (χ4n) is 3.06. The molecule has 0 aliphatic carbocycles. The third kappa shape index (κ3) is 3.58. The van der Waals surface area contributed by atoms with E-state index in [1.165, 1.54) is 0 Å². The quantitative estimate of drug-likeness (QED) is 0.254. The number of hydrogen-bond donors (Lipinski definition) is 8. The number of aromatic hydroxyl groups is 3. The molecule has 0 amide bonds. The predicted octanol–water partition coefficient (Wildman–Crippen LogP) is -1.81. The third-order valence-corrected chi connectivity index (χ3v) is 4.67. The Morgan fingerprint density at radius 1 is 1.00 bits per heavy atom. The Kier molecular flexibility index (Phi) is 5.70. The van der Waals surface area contributed by atoms with Gasteiger partial charge in [-0.2, -0.15) is 0 Å². The summed E-state index contributed by atoms with van der Waals surface area (Å²) in [5.41, 5.74) is -1.67. The van der Waals surface area contributed by atoms with Gasteiger partial charge in [-0.3, -0.25) is 4.79 Å².